The van der Waals surface area contributed by atoms with Gasteiger partial charge in [0.2, 0.25) is 5.91 Å². The van der Waals surface area contributed by atoms with Crippen molar-refractivity contribution in [2.24, 2.45) is 15.9 Å². The van der Waals surface area contributed by atoms with Crippen LogP contribution in [0.1, 0.15) is 41.6 Å². The Kier molecular flexibility index (Phi) is 5.12. The van der Waals surface area contributed by atoms with E-state index in [1.54, 1.807) is 17.1 Å². The summed E-state index contributed by atoms with van der Waals surface area (Å²) in [4.78, 5) is 49.6. The lowest BCUT2D eigenvalue weighted by atomic mass is 9.97. The largest absolute Gasteiger partial charge is 0.352 e. The molecule has 0 radical (unpaired) electrons. The molecule has 3 aliphatic heterocycles. The van der Waals surface area contributed by atoms with Gasteiger partial charge in [0.1, 0.15) is 16.6 Å². The molecule has 0 N–H and O–H groups in total. The number of rotatable bonds is 4. The molecule has 10 heteroatoms. The first-order chi connectivity index (χ1) is 13.6. The average molecular weight is 400 g/mol. The summed E-state index contributed by atoms with van der Waals surface area (Å²) in [6.07, 6.45) is 7.60. The molecule has 1 atom stereocenters. The van der Waals surface area contributed by atoms with E-state index in [1.807, 2.05) is 6.92 Å². The van der Waals surface area contributed by atoms with Crippen LogP contribution >= 0.6 is 11.5 Å². The van der Waals surface area contributed by atoms with Crippen LogP contribution in [0.25, 0.3) is 0 Å². The lowest BCUT2D eigenvalue weighted by Crippen LogP contribution is -2.54. The van der Waals surface area contributed by atoms with E-state index < -0.39 is 11.9 Å². The van der Waals surface area contributed by atoms with E-state index in [1.165, 1.54) is 11.1 Å². The monoisotopic (exact) mass is 400 g/mol. The number of aromatic nitrogens is 2. The third-order valence-electron chi connectivity index (χ3n) is 5.15. The Labute approximate surface area is 166 Å². The van der Waals surface area contributed by atoms with E-state index >= 15 is 0 Å². The molecule has 0 aliphatic carbocycles. The fourth-order valence-corrected chi connectivity index (χ4v) is 4.39. The number of hydrogen-bond acceptors (Lipinski definition) is 7. The van der Waals surface area contributed by atoms with Crippen LogP contribution in [0.2, 0.25) is 0 Å². The molecule has 0 saturated carbocycles. The van der Waals surface area contributed by atoms with E-state index in [-0.39, 0.29) is 23.7 Å². The summed E-state index contributed by atoms with van der Waals surface area (Å²) in [6, 6.07) is -0.825. The molecule has 28 heavy (non-hydrogen) atoms. The van der Waals surface area contributed by atoms with Crippen molar-refractivity contribution in [1.82, 2.24) is 19.4 Å². The number of dihydropyridines is 1. The zero-order chi connectivity index (χ0) is 19.7. The number of hydrogen-bond donors (Lipinski definition) is 0. The number of allylic oxidation sites excluding steroid dienone is 1. The highest BCUT2D eigenvalue weighted by molar-refractivity contribution is 7.08. The Morgan fingerprint density at radius 2 is 2.07 bits per heavy atom. The van der Waals surface area contributed by atoms with Crippen molar-refractivity contribution in [3.05, 3.63) is 22.7 Å². The SMILES string of the molecule is CCCc1nnsc1C(=O)N1CCC(N2C(=O)N=C3N=CC=CC3C2=O)CC1. The number of carbonyl (C=O) groups is 3. The number of urea groups is 1. The van der Waals surface area contributed by atoms with Gasteiger partial charge in [-0.1, -0.05) is 23.9 Å². The minimum atomic E-state index is -0.595. The Bertz CT molecular complexity index is 897. The van der Waals surface area contributed by atoms with Crippen LogP contribution in [-0.2, 0) is 11.2 Å². The molecule has 9 nitrogen and oxygen atoms in total. The standard InChI is InChI=1S/C18H20N6O3S/c1-2-4-13-14(28-22-21-13)17(26)23-9-6-11(7-10-23)24-16(25)12-5-3-8-19-15(12)20-18(24)27/h3,5,8,11-12H,2,4,6-7,9-10H2,1H3. The van der Waals surface area contributed by atoms with Crippen molar-refractivity contribution in [2.45, 2.75) is 38.6 Å². The summed E-state index contributed by atoms with van der Waals surface area (Å²) in [6.45, 7) is 2.98. The second-order valence-electron chi connectivity index (χ2n) is 6.92. The molecule has 1 fully saturated rings. The number of carbonyl (C=O) groups excluding carboxylic acids is 3. The number of nitrogens with zero attached hydrogens (tertiary/aromatic N) is 6. The minimum absolute atomic E-state index is 0.0712. The number of piperidine rings is 1. The van der Waals surface area contributed by atoms with Gasteiger partial charge in [-0.05, 0) is 36.9 Å². The first kappa shape index (κ1) is 18.6. The maximum absolute atomic E-state index is 12.8. The predicted molar refractivity (Wildman–Crippen MR) is 104 cm³/mol. The quantitative estimate of drug-likeness (QED) is 0.764. The Balaban J connectivity index is 1.43. The van der Waals surface area contributed by atoms with Crippen LogP contribution in [0.15, 0.2) is 22.1 Å². The molecule has 0 bridgehead atoms. The van der Waals surface area contributed by atoms with Gasteiger partial charge < -0.3 is 4.90 Å². The van der Waals surface area contributed by atoms with Crippen LogP contribution < -0.4 is 0 Å². The number of fused-ring (bicyclic) bond motifs is 1. The average Bonchev–Trinajstić information content (AvgIpc) is 3.16. The lowest BCUT2D eigenvalue weighted by molar-refractivity contribution is -0.131. The molecule has 1 aromatic heterocycles. The first-order valence-electron chi connectivity index (χ1n) is 9.37. The highest BCUT2D eigenvalue weighted by Crippen LogP contribution is 2.26. The van der Waals surface area contributed by atoms with Crippen LogP contribution in [0.5, 0.6) is 0 Å². The van der Waals surface area contributed by atoms with Crippen LogP contribution in [0.3, 0.4) is 0 Å². The second-order valence-corrected chi connectivity index (χ2v) is 7.68. The van der Waals surface area contributed by atoms with Crippen molar-refractivity contribution < 1.29 is 14.4 Å². The Morgan fingerprint density at radius 1 is 1.29 bits per heavy atom. The molecule has 1 unspecified atom stereocenters. The smallest absolute Gasteiger partial charge is 0.338 e. The molecule has 4 heterocycles. The molecule has 1 saturated heterocycles. The minimum Gasteiger partial charge on any atom is -0.338 e. The van der Waals surface area contributed by atoms with Gasteiger partial charge in [0.05, 0.1) is 5.69 Å². The number of imide groups is 1. The van der Waals surface area contributed by atoms with E-state index in [0.29, 0.717) is 30.8 Å². The molecular weight excluding hydrogens is 380 g/mol. The zero-order valence-corrected chi connectivity index (χ0v) is 16.3. The molecule has 0 spiro atoms. The molecule has 1 aromatic rings. The van der Waals surface area contributed by atoms with Crippen molar-refractivity contribution in [3.8, 4) is 0 Å². The van der Waals surface area contributed by atoms with E-state index in [4.69, 9.17) is 0 Å². The van der Waals surface area contributed by atoms with Crippen molar-refractivity contribution >= 4 is 41.4 Å². The molecular formula is C18H20N6O3S. The van der Waals surface area contributed by atoms with E-state index in [9.17, 15) is 14.4 Å². The van der Waals surface area contributed by atoms with E-state index in [0.717, 1.165) is 30.1 Å². The zero-order valence-electron chi connectivity index (χ0n) is 15.4. The summed E-state index contributed by atoms with van der Waals surface area (Å²) >= 11 is 1.12. The van der Waals surface area contributed by atoms with Crippen molar-refractivity contribution in [3.63, 3.8) is 0 Å². The maximum Gasteiger partial charge on any atom is 0.352 e. The highest BCUT2D eigenvalue weighted by Gasteiger charge is 2.41. The third kappa shape index (κ3) is 3.28. The Hall–Kier alpha value is -2.75. The number of aliphatic imine (C=N–C) groups is 2. The van der Waals surface area contributed by atoms with Gasteiger partial charge in [-0.3, -0.25) is 14.5 Å². The molecule has 4 rings (SSSR count). The summed E-state index contributed by atoms with van der Waals surface area (Å²) in [5.41, 5.74) is 0.743. The highest BCUT2D eigenvalue weighted by atomic mass is 32.1. The second kappa shape index (κ2) is 7.70. The number of amides is 4. The molecule has 146 valence electrons. The lowest BCUT2D eigenvalue weighted by Gasteiger charge is -2.39. The van der Waals surface area contributed by atoms with Gasteiger partial charge in [-0.15, -0.1) is 5.10 Å². The summed E-state index contributed by atoms with van der Waals surface area (Å²) in [5.74, 6) is -0.701. The summed E-state index contributed by atoms with van der Waals surface area (Å²) in [5, 5.41) is 4.06. The van der Waals surface area contributed by atoms with Crippen LogP contribution in [-0.4, -0.2) is 68.4 Å². The first-order valence-corrected chi connectivity index (χ1v) is 10.1. The topological polar surface area (TPSA) is 108 Å². The normalized spacial score (nSPS) is 22.5. The van der Waals surface area contributed by atoms with Crippen LogP contribution in [0, 0.1) is 5.92 Å². The van der Waals surface area contributed by atoms with Crippen LogP contribution in [0.4, 0.5) is 4.79 Å². The van der Waals surface area contributed by atoms with Gasteiger partial charge in [0.25, 0.3) is 5.91 Å². The third-order valence-corrected chi connectivity index (χ3v) is 5.90. The van der Waals surface area contributed by atoms with Crippen molar-refractivity contribution in [1.29, 1.82) is 0 Å². The van der Waals surface area contributed by atoms with Gasteiger partial charge in [0.15, 0.2) is 0 Å². The van der Waals surface area contributed by atoms with Crippen molar-refractivity contribution in [2.75, 3.05) is 13.1 Å². The molecule has 0 aromatic carbocycles. The number of amidine groups is 1. The van der Waals surface area contributed by atoms with Gasteiger partial charge in [-0.2, -0.15) is 4.99 Å². The van der Waals surface area contributed by atoms with E-state index in [2.05, 4.69) is 19.6 Å². The van der Waals surface area contributed by atoms with Gasteiger partial charge in [0, 0.05) is 25.3 Å². The number of aryl methyl sites for hydroxylation is 1. The predicted octanol–water partition coefficient (Wildman–Crippen LogP) is 1.71. The number of likely N-dealkylation sites (tertiary alicyclic amines) is 1. The van der Waals surface area contributed by atoms with Gasteiger partial charge >= 0.3 is 6.03 Å². The van der Waals surface area contributed by atoms with Gasteiger partial charge in [-0.25, -0.2) is 9.79 Å². The fraction of sp³-hybridized carbons (Fsp3) is 0.500. The fourth-order valence-electron chi connectivity index (χ4n) is 3.71. The molecule has 3 aliphatic rings. The Morgan fingerprint density at radius 3 is 2.82 bits per heavy atom. The maximum atomic E-state index is 12.8. The summed E-state index contributed by atoms with van der Waals surface area (Å²) in [7, 11) is 0. The molecule has 4 amide bonds. The summed E-state index contributed by atoms with van der Waals surface area (Å²) < 4.78 is 3.92.